The fourth-order valence-electron chi connectivity index (χ4n) is 3.89. The van der Waals surface area contributed by atoms with Crippen LogP contribution in [0.15, 0.2) is 36.4 Å². The highest BCUT2D eigenvalue weighted by Crippen LogP contribution is 2.37. The molecule has 3 rings (SSSR count). The number of ether oxygens (including phenoxy) is 2. The lowest BCUT2D eigenvalue weighted by atomic mass is 10.0. The van der Waals surface area contributed by atoms with E-state index in [1.807, 2.05) is 52.0 Å². The smallest absolute Gasteiger partial charge is 0.341 e. The third-order valence-corrected chi connectivity index (χ3v) is 5.22. The van der Waals surface area contributed by atoms with E-state index in [9.17, 15) is 19.2 Å². The Morgan fingerprint density at radius 3 is 2.31 bits per heavy atom. The molecule has 9 nitrogen and oxygen atoms in total. The molecule has 0 bridgehead atoms. The largest absolute Gasteiger partial charge is 0.481 e. The number of esters is 1. The molecule has 0 saturated carbocycles. The number of hydrogen-bond acceptors (Lipinski definition) is 6. The van der Waals surface area contributed by atoms with Gasteiger partial charge in [0.25, 0.3) is 11.7 Å². The van der Waals surface area contributed by atoms with Gasteiger partial charge in [0.05, 0.1) is 29.1 Å². The molecule has 3 aromatic rings. The number of aryl methyl sites for hydroxylation is 1. The first-order chi connectivity index (χ1) is 16.7. The van der Waals surface area contributed by atoms with E-state index in [0.29, 0.717) is 24.2 Å². The summed E-state index contributed by atoms with van der Waals surface area (Å²) < 4.78 is 12.1. The van der Waals surface area contributed by atoms with Gasteiger partial charge in [-0.1, -0.05) is 50.6 Å². The Hall–Kier alpha value is -4.14. The number of nitrogens with zero attached hydrogens (tertiary/aromatic N) is 1. The molecule has 3 N–H and O–H groups in total. The number of aromatic nitrogens is 1. The van der Waals surface area contributed by atoms with Gasteiger partial charge in [-0.3, -0.25) is 9.59 Å². The third-order valence-electron chi connectivity index (χ3n) is 5.22. The Bertz CT molecular complexity index is 1270. The first kappa shape index (κ1) is 27.1. The predicted molar refractivity (Wildman–Crippen MR) is 131 cm³/mol. The highest BCUT2D eigenvalue weighted by molar-refractivity contribution is 6.45. The number of nitrogens with two attached hydrogens (primary N) is 1. The summed E-state index contributed by atoms with van der Waals surface area (Å²) >= 11 is 0. The maximum absolute atomic E-state index is 12.9. The zero-order valence-electron chi connectivity index (χ0n) is 20.5. The molecular weight excluding hydrogens is 452 g/mol. The van der Waals surface area contributed by atoms with E-state index >= 15 is 0 Å². The summed E-state index contributed by atoms with van der Waals surface area (Å²) in [5, 5.41) is 9.32. The summed E-state index contributed by atoms with van der Waals surface area (Å²) in [5.41, 5.74) is 8.36. The topological polar surface area (TPSA) is 138 Å². The summed E-state index contributed by atoms with van der Waals surface area (Å²) in [6.07, 6.45) is 0.362. The zero-order valence-corrected chi connectivity index (χ0v) is 20.5. The lowest BCUT2D eigenvalue weighted by molar-refractivity contribution is -0.139. The standard InChI is InChI=1S/C24H24N2O7.C2H6/c1-4-16-21(22(29)23(25)30)20-17(26(16)11-14-7-5-6-13(2)8-14)9-15(24(31)32-3)10-18(20)33-12-19(27)28;1-2/h5-10H,4,11-12H2,1-3H3,(H2,25,30)(H,27,28);1-2H3. The van der Waals surface area contributed by atoms with Gasteiger partial charge < -0.3 is 24.9 Å². The minimum absolute atomic E-state index is 0.0300. The number of aliphatic carboxylic acids is 1. The molecule has 0 spiro atoms. The first-order valence-corrected chi connectivity index (χ1v) is 11.2. The minimum atomic E-state index is -1.25. The van der Waals surface area contributed by atoms with Gasteiger partial charge in [0.15, 0.2) is 6.61 Å². The van der Waals surface area contributed by atoms with Crippen LogP contribution in [0.3, 0.4) is 0 Å². The van der Waals surface area contributed by atoms with E-state index in [0.717, 1.165) is 11.1 Å². The second-order valence-corrected chi connectivity index (χ2v) is 7.49. The Morgan fingerprint density at radius 1 is 1.09 bits per heavy atom. The number of methoxy groups -OCH3 is 1. The number of primary amides is 1. The first-order valence-electron chi connectivity index (χ1n) is 11.2. The minimum Gasteiger partial charge on any atom is -0.481 e. The van der Waals surface area contributed by atoms with Gasteiger partial charge in [0, 0.05) is 12.2 Å². The second kappa shape index (κ2) is 11.8. The molecule has 0 aliphatic rings. The zero-order chi connectivity index (χ0) is 26.3. The van der Waals surface area contributed by atoms with E-state index in [4.69, 9.17) is 20.3 Å². The molecule has 186 valence electrons. The molecule has 2 aromatic carbocycles. The Balaban J connectivity index is 0.00000210. The molecule has 0 unspecified atom stereocenters. The van der Waals surface area contributed by atoms with Gasteiger partial charge in [-0.15, -0.1) is 0 Å². The fraction of sp³-hybridized carbons (Fsp3) is 0.308. The number of carboxylic acid groups (broad SMARTS) is 1. The lowest BCUT2D eigenvalue weighted by Gasteiger charge is -2.12. The molecule has 9 heteroatoms. The van der Waals surface area contributed by atoms with Crippen LogP contribution >= 0.6 is 0 Å². The third kappa shape index (κ3) is 5.87. The van der Waals surface area contributed by atoms with Crippen LogP contribution < -0.4 is 10.5 Å². The molecule has 0 atom stereocenters. The van der Waals surface area contributed by atoms with E-state index in [2.05, 4.69) is 0 Å². The molecule has 1 amide bonds. The van der Waals surface area contributed by atoms with E-state index in [1.54, 1.807) is 4.57 Å². The van der Waals surface area contributed by atoms with Crippen molar-refractivity contribution in [3.63, 3.8) is 0 Å². The number of benzene rings is 2. The number of fused-ring (bicyclic) bond motifs is 1. The highest BCUT2D eigenvalue weighted by atomic mass is 16.5. The average molecular weight is 483 g/mol. The number of carboxylic acids is 1. The summed E-state index contributed by atoms with van der Waals surface area (Å²) in [4.78, 5) is 48.2. The van der Waals surface area contributed by atoms with Crippen molar-refractivity contribution < 1.29 is 33.8 Å². The lowest BCUT2D eigenvalue weighted by Crippen LogP contribution is -2.24. The van der Waals surface area contributed by atoms with E-state index < -0.39 is 30.2 Å². The van der Waals surface area contributed by atoms with Crippen LogP contribution in [0.2, 0.25) is 0 Å². The number of Topliss-reactive ketones (excluding diaryl/α,β-unsaturated/α-hetero) is 1. The van der Waals surface area contributed by atoms with Crippen molar-refractivity contribution in [3.05, 3.63) is 64.3 Å². The molecule has 0 saturated heterocycles. The van der Waals surface area contributed by atoms with Crippen LogP contribution in [-0.2, 0) is 27.3 Å². The number of hydrogen-bond donors (Lipinski definition) is 2. The summed E-state index contributed by atoms with van der Waals surface area (Å²) in [6.45, 7) is 7.38. The van der Waals surface area contributed by atoms with Gasteiger partial charge in [0.2, 0.25) is 0 Å². The Kier molecular flexibility index (Phi) is 9.16. The molecule has 1 heterocycles. The van der Waals surface area contributed by atoms with Crippen LogP contribution in [-0.4, -0.2) is 47.0 Å². The number of amides is 1. The average Bonchev–Trinajstić information content (AvgIpc) is 3.15. The molecular formula is C26H30N2O7. The number of ketones is 1. The van der Waals surface area contributed by atoms with Crippen LogP contribution in [0, 0.1) is 6.92 Å². The Morgan fingerprint density at radius 2 is 1.77 bits per heavy atom. The maximum atomic E-state index is 12.9. The summed E-state index contributed by atoms with van der Waals surface area (Å²) in [6, 6.07) is 10.6. The molecule has 0 aliphatic carbocycles. The number of carbonyl (C=O) groups is 4. The SMILES string of the molecule is CC.CCc1c(C(=O)C(N)=O)c2c(OCC(=O)O)cc(C(=O)OC)cc2n1Cc1cccc(C)c1. The van der Waals surface area contributed by atoms with Gasteiger partial charge in [-0.25, -0.2) is 9.59 Å². The van der Waals surface area contributed by atoms with Crippen molar-refractivity contribution in [2.24, 2.45) is 5.73 Å². The molecule has 0 aliphatic heterocycles. The van der Waals surface area contributed by atoms with Crippen molar-refractivity contribution in [3.8, 4) is 5.75 Å². The van der Waals surface area contributed by atoms with E-state index in [1.165, 1.54) is 19.2 Å². The monoisotopic (exact) mass is 482 g/mol. The molecule has 0 fully saturated rings. The van der Waals surface area contributed by atoms with Crippen molar-refractivity contribution in [2.45, 2.75) is 40.7 Å². The highest BCUT2D eigenvalue weighted by Gasteiger charge is 2.29. The normalized spacial score (nSPS) is 10.3. The fourth-order valence-corrected chi connectivity index (χ4v) is 3.89. The molecule has 35 heavy (non-hydrogen) atoms. The van der Waals surface area contributed by atoms with Gasteiger partial charge in [-0.05, 0) is 31.0 Å². The quantitative estimate of drug-likeness (QED) is 0.270. The van der Waals surface area contributed by atoms with Crippen molar-refractivity contribution in [1.82, 2.24) is 4.57 Å². The summed E-state index contributed by atoms with van der Waals surface area (Å²) in [7, 11) is 1.22. The van der Waals surface area contributed by atoms with Crippen LogP contribution in [0.4, 0.5) is 0 Å². The Labute approximate surface area is 203 Å². The van der Waals surface area contributed by atoms with Crippen molar-refractivity contribution >= 4 is 34.5 Å². The van der Waals surface area contributed by atoms with Gasteiger partial charge >= 0.3 is 11.9 Å². The summed E-state index contributed by atoms with van der Waals surface area (Å²) in [5.74, 6) is -4.02. The van der Waals surface area contributed by atoms with Crippen LogP contribution in [0.25, 0.3) is 10.9 Å². The molecule has 0 radical (unpaired) electrons. The van der Waals surface area contributed by atoms with Gasteiger partial charge in [-0.2, -0.15) is 0 Å². The van der Waals surface area contributed by atoms with Crippen molar-refractivity contribution in [1.29, 1.82) is 0 Å². The van der Waals surface area contributed by atoms with Gasteiger partial charge in [0.1, 0.15) is 5.75 Å². The van der Waals surface area contributed by atoms with Crippen LogP contribution in [0.1, 0.15) is 58.3 Å². The maximum Gasteiger partial charge on any atom is 0.341 e. The number of carbonyl (C=O) groups excluding carboxylic acids is 3. The van der Waals surface area contributed by atoms with Crippen molar-refractivity contribution in [2.75, 3.05) is 13.7 Å². The van der Waals surface area contributed by atoms with Crippen LogP contribution in [0.5, 0.6) is 5.75 Å². The second-order valence-electron chi connectivity index (χ2n) is 7.49. The van der Waals surface area contributed by atoms with E-state index in [-0.39, 0.29) is 22.3 Å². The number of rotatable bonds is 9. The molecule has 1 aromatic heterocycles. The predicted octanol–water partition coefficient (Wildman–Crippen LogP) is 3.50.